The summed E-state index contributed by atoms with van der Waals surface area (Å²) in [5.74, 6) is 0. The Morgan fingerprint density at radius 1 is 0.447 bits per heavy atom. The van der Waals surface area contributed by atoms with E-state index < -0.39 is 5.69 Å². The van der Waals surface area contributed by atoms with Crippen molar-refractivity contribution in [3.63, 3.8) is 0 Å². The summed E-state index contributed by atoms with van der Waals surface area (Å²) in [6, 6.07) is 6.45. The summed E-state index contributed by atoms with van der Waals surface area (Å²) in [4.78, 5) is 21.3. The van der Waals surface area contributed by atoms with E-state index in [4.69, 9.17) is 0 Å². The van der Waals surface area contributed by atoms with Crippen molar-refractivity contribution in [3.05, 3.63) is 29.3 Å². The molecule has 47 heavy (non-hydrogen) atoms. The van der Waals surface area contributed by atoms with Gasteiger partial charge in [-0.3, -0.25) is 0 Å². The van der Waals surface area contributed by atoms with Gasteiger partial charge in [0.1, 0.15) is 0 Å². The van der Waals surface area contributed by atoms with Crippen molar-refractivity contribution in [1.82, 2.24) is 0 Å². The lowest BCUT2D eigenvalue weighted by atomic mass is 9.96. The molecule has 0 aliphatic rings. The number of thiol groups is 1. The van der Waals surface area contributed by atoms with Crippen LogP contribution in [-0.2, 0) is 23.8 Å². The first-order valence-electron chi connectivity index (χ1n) is 20.9. The van der Waals surface area contributed by atoms with Gasteiger partial charge in [0.15, 0.2) is 0 Å². The molecule has 0 atom stereocenters. The molecule has 2 N–H and O–H groups in total. The summed E-state index contributed by atoms with van der Waals surface area (Å²) in [7, 11) is 1.18. The minimum Gasteiger partial charge on any atom is -0.304 e. The van der Waals surface area contributed by atoms with E-state index in [0.29, 0.717) is 0 Å². The average Bonchev–Trinajstić information content (AvgIpc) is 3.04. The first-order valence-corrected chi connectivity index (χ1v) is 25.1. The lowest BCUT2D eigenvalue weighted by Gasteiger charge is -2.10. The Balaban J connectivity index is 2.19. The molecule has 0 aliphatic heterocycles. The molecule has 0 unspecified atom stereocenters. The van der Waals surface area contributed by atoms with E-state index >= 15 is 0 Å². The third-order valence-electron chi connectivity index (χ3n) is 10.0. The minimum atomic E-state index is -3.21. The summed E-state index contributed by atoms with van der Waals surface area (Å²) >= 11 is 4.11. The van der Waals surface area contributed by atoms with Crippen molar-refractivity contribution in [2.24, 2.45) is 0 Å². The number of benzene rings is 1. The average molecular weight is 712 g/mol. The third-order valence-corrected chi connectivity index (χ3v) is 12.9. The molecule has 0 aromatic heterocycles. The van der Waals surface area contributed by atoms with E-state index in [9.17, 15) is 9.79 Å². The number of aryl methyl sites for hydroxylation is 1. The Kier molecular flexibility index (Phi) is 32.0. The second-order valence-electron chi connectivity index (χ2n) is 14.6. The van der Waals surface area contributed by atoms with E-state index in [0.717, 1.165) is 17.7 Å². The van der Waals surface area contributed by atoms with Gasteiger partial charge in [-0.25, -0.2) is 0 Å². The van der Waals surface area contributed by atoms with Crippen LogP contribution in [0.1, 0.15) is 230 Å². The monoisotopic (exact) mass is 712 g/mol. The van der Waals surface area contributed by atoms with Crippen LogP contribution in [0.3, 0.4) is 0 Å². The van der Waals surface area contributed by atoms with Crippen molar-refractivity contribution in [2.75, 3.05) is 0 Å². The second-order valence-corrected chi connectivity index (χ2v) is 20.8. The molecule has 0 radical (unpaired) electrons. The first-order chi connectivity index (χ1) is 23.0. The predicted molar refractivity (Wildman–Crippen MR) is 219 cm³/mol. The van der Waals surface area contributed by atoms with Crippen LogP contribution in [0.5, 0.6) is 0 Å². The zero-order valence-corrected chi connectivity index (χ0v) is 34.1. The Morgan fingerprint density at radius 2 is 0.745 bits per heavy atom. The molecule has 0 saturated carbocycles. The van der Waals surface area contributed by atoms with E-state index in [1.54, 1.807) is 0 Å². The van der Waals surface area contributed by atoms with Gasteiger partial charge in [0.05, 0.1) is 0 Å². The molecular weight excluding hydrogens is 632 g/mol. The van der Waals surface area contributed by atoms with Gasteiger partial charge in [-0.1, -0.05) is 219 Å². The Morgan fingerprint density at radius 3 is 1.06 bits per heavy atom. The Hall–Kier alpha value is 0.140. The highest BCUT2D eigenvalue weighted by Crippen LogP contribution is 2.45. The molecule has 0 aliphatic carbocycles. The topological polar surface area (TPSA) is 40.5 Å². The normalized spacial score (nSPS) is 11.9. The lowest BCUT2D eigenvalue weighted by Crippen LogP contribution is -1.99. The van der Waals surface area contributed by atoms with Crippen LogP contribution in [0.2, 0.25) is 0 Å². The summed E-state index contributed by atoms with van der Waals surface area (Å²) in [5, 5.41) is 0. The van der Waals surface area contributed by atoms with Gasteiger partial charge in [-0.05, 0) is 43.5 Å². The largest absolute Gasteiger partial charge is 0.434 e. The number of hydrogen-bond donors (Lipinski definition) is 3. The summed E-state index contributed by atoms with van der Waals surface area (Å²) in [6.45, 7) is 4.59. The Bertz CT molecular complexity index is 860. The number of hydrogen-bond acceptors (Lipinski definition) is 0. The molecule has 276 valence electrons. The predicted octanol–water partition coefficient (Wildman–Crippen LogP) is 15.3. The van der Waals surface area contributed by atoms with Crippen molar-refractivity contribution < 1.29 is 9.79 Å². The highest BCUT2D eigenvalue weighted by atomic mass is 32.9. The molecule has 0 spiro atoms. The highest BCUT2D eigenvalue weighted by Gasteiger charge is 2.23. The molecule has 0 bridgehead atoms. The second kappa shape index (κ2) is 33.3. The van der Waals surface area contributed by atoms with Crippen molar-refractivity contribution in [3.8, 4) is 0 Å². The maximum Gasteiger partial charge on any atom is 0.434 e. The van der Waals surface area contributed by atoms with E-state index in [1.165, 1.54) is 228 Å². The van der Waals surface area contributed by atoms with Crippen LogP contribution >= 0.6 is 17.9 Å². The van der Waals surface area contributed by atoms with Gasteiger partial charge in [0.2, 0.25) is 4.90 Å². The maximum atomic E-state index is 10.1. The minimum absolute atomic E-state index is 1.04. The fourth-order valence-electron chi connectivity index (χ4n) is 7.06. The van der Waals surface area contributed by atoms with Crippen LogP contribution in [-0.4, -0.2) is 9.79 Å². The number of rotatable bonds is 35. The zero-order valence-electron chi connectivity index (χ0n) is 31.5. The third kappa shape index (κ3) is 29.6. The fraction of sp³-hybridized carbons (Fsp3) is 0.857. The van der Waals surface area contributed by atoms with Crippen LogP contribution < -0.4 is 0 Å². The SMILES string of the molecule is CCCCCCCCCCCCCCCCCCc1cccc([S+]=P(O)(O)S)c1CCCCCCCCCCCCCCCCCC. The first kappa shape index (κ1) is 45.2. The molecule has 5 heteroatoms. The maximum absolute atomic E-state index is 10.1. The van der Waals surface area contributed by atoms with Gasteiger partial charge in [0, 0.05) is 11.6 Å². The van der Waals surface area contributed by atoms with Crippen LogP contribution in [0.4, 0.5) is 0 Å². The lowest BCUT2D eigenvalue weighted by molar-refractivity contribution is 0.502. The van der Waals surface area contributed by atoms with Gasteiger partial charge >= 0.3 is 5.69 Å². The summed E-state index contributed by atoms with van der Waals surface area (Å²) in [6.07, 6.45) is 46.7. The quantitative estimate of drug-likeness (QED) is 0.0284. The molecule has 1 rings (SSSR count). The van der Waals surface area contributed by atoms with Crippen molar-refractivity contribution >= 4 is 28.9 Å². The molecule has 0 heterocycles. The number of unbranched alkanes of at least 4 members (excludes halogenated alkanes) is 30. The van der Waals surface area contributed by atoms with Crippen LogP contribution in [0.25, 0.3) is 0 Å². The van der Waals surface area contributed by atoms with Gasteiger partial charge in [-0.2, -0.15) is 0 Å². The molecule has 2 nitrogen and oxygen atoms in total. The molecule has 0 saturated heterocycles. The van der Waals surface area contributed by atoms with Crippen molar-refractivity contribution in [1.29, 1.82) is 0 Å². The summed E-state index contributed by atoms with van der Waals surface area (Å²) < 4.78 is 0. The van der Waals surface area contributed by atoms with E-state index in [1.807, 2.05) is 0 Å². The van der Waals surface area contributed by atoms with E-state index in [-0.39, 0.29) is 0 Å². The molecule has 0 fully saturated rings. The van der Waals surface area contributed by atoms with E-state index in [2.05, 4.69) is 44.3 Å². The van der Waals surface area contributed by atoms with Gasteiger partial charge in [-0.15, -0.1) is 0 Å². The Labute approximate surface area is 303 Å². The van der Waals surface area contributed by atoms with Crippen LogP contribution in [0, 0.1) is 0 Å². The standard InChI is InChI=1S/C42H80O2PS2/c1-3-5-7-9-11-13-15-17-19-21-23-25-27-29-31-33-36-40-37-35-39-42(47-45(43,44)46)41(40)38-34-32-30-28-26-24-22-20-18-16-14-12-10-8-6-4-2/h35,37,39,43-44,46H,3-34,36,38H2,1-2H3/q+1. The summed E-state index contributed by atoms with van der Waals surface area (Å²) in [5.41, 5.74) is -0.442. The van der Waals surface area contributed by atoms with Gasteiger partial charge < -0.3 is 9.79 Å². The molecular formula is C42H80O2PS2+. The van der Waals surface area contributed by atoms with Crippen molar-refractivity contribution in [2.45, 2.75) is 237 Å². The fourth-order valence-corrected chi connectivity index (χ4v) is 9.90. The van der Waals surface area contributed by atoms with Crippen LogP contribution in [0.15, 0.2) is 23.1 Å². The van der Waals surface area contributed by atoms with Gasteiger partial charge in [0.25, 0.3) is 10.9 Å². The molecule has 1 aromatic rings. The zero-order chi connectivity index (χ0) is 34.1. The molecule has 0 amide bonds. The highest BCUT2D eigenvalue weighted by molar-refractivity contribution is 8.62. The smallest absolute Gasteiger partial charge is 0.304 e. The molecule has 1 aromatic carbocycles.